The van der Waals surface area contributed by atoms with Crippen molar-refractivity contribution in [2.45, 2.75) is 45.1 Å². The molecule has 2 aromatic rings. The molecule has 0 amide bonds. The monoisotopic (exact) mass is 394 g/mol. The van der Waals surface area contributed by atoms with Gasteiger partial charge in [0, 0.05) is 24.8 Å². The highest BCUT2D eigenvalue weighted by molar-refractivity contribution is 5.96. The molecule has 1 aliphatic rings. The molecule has 0 aromatic heterocycles. The summed E-state index contributed by atoms with van der Waals surface area (Å²) >= 11 is 0. The molecule has 0 saturated carbocycles. The number of cyclic esters (lactones) is 1. The zero-order valence-electron chi connectivity index (χ0n) is 16.5. The minimum atomic E-state index is -0.711. The summed E-state index contributed by atoms with van der Waals surface area (Å²) in [5, 5.41) is 20.2. The van der Waals surface area contributed by atoms with Gasteiger partial charge >= 0.3 is 5.97 Å². The normalized spacial score (nSPS) is 22.2. The number of allylic oxidation sites excluding steroid dienone is 1. The molecular formula is C24H26O5. The molecular weight excluding hydrogens is 368 g/mol. The number of ketones is 1. The van der Waals surface area contributed by atoms with E-state index in [1.807, 2.05) is 43.3 Å². The van der Waals surface area contributed by atoms with Gasteiger partial charge < -0.3 is 14.9 Å². The molecule has 2 atom stereocenters. The van der Waals surface area contributed by atoms with Crippen LogP contribution in [0, 0.1) is 5.92 Å². The van der Waals surface area contributed by atoms with Crippen molar-refractivity contribution in [3.8, 4) is 11.5 Å². The molecule has 2 aromatic carbocycles. The van der Waals surface area contributed by atoms with E-state index in [4.69, 9.17) is 4.74 Å². The van der Waals surface area contributed by atoms with E-state index >= 15 is 0 Å². The Morgan fingerprint density at radius 2 is 1.79 bits per heavy atom. The van der Waals surface area contributed by atoms with Crippen LogP contribution in [0.15, 0.2) is 54.6 Å². The van der Waals surface area contributed by atoms with Crippen LogP contribution < -0.4 is 0 Å². The molecule has 3 rings (SSSR count). The second-order valence-corrected chi connectivity index (χ2v) is 7.49. The summed E-state index contributed by atoms with van der Waals surface area (Å²) in [6.07, 6.45) is 6.48. The van der Waals surface area contributed by atoms with Crippen LogP contribution in [0.3, 0.4) is 0 Å². The Hall–Kier alpha value is -3.08. The molecule has 2 N–H and O–H groups in total. The fourth-order valence-electron chi connectivity index (χ4n) is 3.55. The Morgan fingerprint density at radius 3 is 2.55 bits per heavy atom. The summed E-state index contributed by atoms with van der Waals surface area (Å²) in [6.45, 7) is 1.87. The Bertz CT molecular complexity index is 901. The lowest BCUT2D eigenvalue weighted by atomic mass is 9.92. The van der Waals surface area contributed by atoms with E-state index in [0.717, 1.165) is 30.9 Å². The number of fused-ring (bicyclic) bond motifs is 1. The third-order valence-corrected chi connectivity index (χ3v) is 5.25. The third-order valence-electron chi connectivity index (χ3n) is 5.25. The van der Waals surface area contributed by atoms with Gasteiger partial charge in [-0.05, 0) is 36.5 Å². The maximum atomic E-state index is 13.0. The fraction of sp³-hybridized carbons (Fsp3) is 0.333. The molecule has 0 spiro atoms. The molecule has 1 aliphatic heterocycles. The number of carbonyl (C=O) groups is 2. The SMILES string of the molecule is CC1CCC/C=C/C[C@H](c2ccccc2)OC(=O)c2c(O)cc(O)cc2CC1=O. The lowest BCUT2D eigenvalue weighted by Crippen LogP contribution is -2.18. The summed E-state index contributed by atoms with van der Waals surface area (Å²) in [5.41, 5.74) is 1.07. The topological polar surface area (TPSA) is 83.8 Å². The van der Waals surface area contributed by atoms with Crippen molar-refractivity contribution >= 4 is 11.8 Å². The van der Waals surface area contributed by atoms with Gasteiger partial charge in [-0.1, -0.05) is 49.4 Å². The number of phenolic OH excluding ortho intramolecular Hbond substituents is 2. The van der Waals surface area contributed by atoms with Crippen LogP contribution in [0.4, 0.5) is 0 Å². The van der Waals surface area contributed by atoms with Crippen LogP contribution in [-0.4, -0.2) is 22.0 Å². The van der Waals surface area contributed by atoms with Crippen LogP contribution in [-0.2, 0) is 16.0 Å². The van der Waals surface area contributed by atoms with Crippen LogP contribution >= 0.6 is 0 Å². The predicted molar refractivity (Wildman–Crippen MR) is 110 cm³/mol. The number of rotatable bonds is 1. The molecule has 1 heterocycles. The highest BCUT2D eigenvalue weighted by Crippen LogP contribution is 2.32. The minimum absolute atomic E-state index is 0.0373. The molecule has 5 heteroatoms. The maximum absolute atomic E-state index is 13.0. The number of hydrogen-bond donors (Lipinski definition) is 2. The van der Waals surface area contributed by atoms with Crippen LogP contribution in [0.2, 0.25) is 0 Å². The summed E-state index contributed by atoms with van der Waals surface area (Å²) < 4.78 is 5.75. The van der Waals surface area contributed by atoms with Crippen molar-refractivity contribution in [3.05, 3.63) is 71.3 Å². The number of hydrogen-bond acceptors (Lipinski definition) is 5. The van der Waals surface area contributed by atoms with Crippen LogP contribution in [0.1, 0.15) is 60.2 Å². The largest absolute Gasteiger partial charge is 0.508 e. The van der Waals surface area contributed by atoms with Gasteiger partial charge in [0.2, 0.25) is 0 Å². The Balaban J connectivity index is 2.00. The predicted octanol–water partition coefficient (Wildman–Crippen LogP) is 4.87. The van der Waals surface area contributed by atoms with Crippen molar-refractivity contribution in [1.29, 1.82) is 0 Å². The maximum Gasteiger partial charge on any atom is 0.342 e. The van der Waals surface area contributed by atoms with E-state index in [9.17, 15) is 19.8 Å². The zero-order chi connectivity index (χ0) is 20.8. The van der Waals surface area contributed by atoms with Crippen molar-refractivity contribution in [2.24, 2.45) is 5.92 Å². The van der Waals surface area contributed by atoms with Crippen molar-refractivity contribution in [2.75, 3.05) is 0 Å². The van der Waals surface area contributed by atoms with Crippen molar-refractivity contribution in [1.82, 2.24) is 0 Å². The zero-order valence-corrected chi connectivity index (χ0v) is 16.5. The number of ether oxygens (including phenoxy) is 1. The van der Waals surface area contributed by atoms with E-state index in [1.165, 1.54) is 6.07 Å². The van der Waals surface area contributed by atoms with Crippen LogP contribution in [0.5, 0.6) is 11.5 Å². The number of benzene rings is 2. The van der Waals surface area contributed by atoms with Gasteiger partial charge in [-0.3, -0.25) is 4.79 Å². The van der Waals surface area contributed by atoms with E-state index in [2.05, 4.69) is 6.08 Å². The number of Topliss-reactive ketones (excluding diaryl/α,β-unsaturated/α-hetero) is 1. The molecule has 29 heavy (non-hydrogen) atoms. The molecule has 5 nitrogen and oxygen atoms in total. The molecule has 0 saturated heterocycles. The van der Waals surface area contributed by atoms with Gasteiger partial charge in [0.1, 0.15) is 28.9 Å². The number of aromatic hydroxyl groups is 2. The van der Waals surface area contributed by atoms with E-state index in [0.29, 0.717) is 6.42 Å². The van der Waals surface area contributed by atoms with E-state index in [-0.39, 0.29) is 40.7 Å². The van der Waals surface area contributed by atoms with Gasteiger partial charge in [-0.2, -0.15) is 0 Å². The first-order valence-corrected chi connectivity index (χ1v) is 9.94. The molecule has 0 fully saturated rings. The summed E-state index contributed by atoms with van der Waals surface area (Å²) in [6, 6.07) is 11.9. The second-order valence-electron chi connectivity index (χ2n) is 7.49. The highest BCUT2D eigenvalue weighted by atomic mass is 16.5. The first kappa shape index (κ1) is 20.6. The quantitative estimate of drug-likeness (QED) is 0.532. The lowest BCUT2D eigenvalue weighted by molar-refractivity contribution is -0.121. The van der Waals surface area contributed by atoms with Gasteiger partial charge in [-0.25, -0.2) is 4.79 Å². The van der Waals surface area contributed by atoms with Gasteiger partial charge in [0.25, 0.3) is 0 Å². The molecule has 152 valence electrons. The average molecular weight is 394 g/mol. The third kappa shape index (κ3) is 5.25. The Morgan fingerprint density at radius 1 is 1.03 bits per heavy atom. The average Bonchev–Trinajstić information content (AvgIpc) is 2.68. The summed E-state index contributed by atoms with van der Waals surface area (Å²) in [5.74, 6) is -1.50. The van der Waals surface area contributed by atoms with E-state index < -0.39 is 12.1 Å². The summed E-state index contributed by atoms with van der Waals surface area (Å²) in [7, 11) is 0. The fourth-order valence-corrected chi connectivity index (χ4v) is 3.55. The first-order valence-electron chi connectivity index (χ1n) is 9.94. The highest BCUT2D eigenvalue weighted by Gasteiger charge is 2.25. The van der Waals surface area contributed by atoms with E-state index in [1.54, 1.807) is 0 Å². The van der Waals surface area contributed by atoms with Gasteiger partial charge in [0.15, 0.2) is 0 Å². The molecule has 0 radical (unpaired) electrons. The van der Waals surface area contributed by atoms with Gasteiger partial charge in [0.05, 0.1) is 0 Å². The first-order chi connectivity index (χ1) is 14.0. The van der Waals surface area contributed by atoms with Crippen molar-refractivity contribution in [3.63, 3.8) is 0 Å². The minimum Gasteiger partial charge on any atom is -0.508 e. The smallest absolute Gasteiger partial charge is 0.342 e. The van der Waals surface area contributed by atoms with Gasteiger partial charge in [-0.15, -0.1) is 0 Å². The molecule has 0 bridgehead atoms. The van der Waals surface area contributed by atoms with Crippen molar-refractivity contribution < 1.29 is 24.5 Å². The van der Waals surface area contributed by atoms with Crippen LogP contribution in [0.25, 0.3) is 0 Å². The summed E-state index contributed by atoms with van der Waals surface area (Å²) in [4.78, 5) is 25.6. The molecule has 0 aliphatic carbocycles. The number of esters is 1. The Kier molecular flexibility index (Phi) is 6.70. The second kappa shape index (κ2) is 9.41. The lowest BCUT2D eigenvalue weighted by Gasteiger charge is -2.20. The number of carbonyl (C=O) groups excluding carboxylic acids is 2. The number of phenols is 2. The Labute approximate surface area is 170 Å². The standard InChI is InChI=1S/C24H26O5/c1-16-9-5-2-3-8-12-22(17-10-6-4-7-11-17)29-24(28)23-18(14-20(16)26)13-19(25)15-21(23)27/h3-4,6-8,10-11,13,15-16,22,25,27H,2,5,9,12,14H2,1H3/b8-3+/t16?,22-/m1/s1. The molecule has 1 unspecified atom stereocenters.